The molecule has 0 aliphatic carbocycles. The minimum Gasteiger partial charge on any atom is -0.464 e. The Bertz CT molecular complexity index is 1030. The molecule has 156 valence electrons. The Morgan fingerprint density at radius 3 is 2.20 bits per heavy atom. The van der Waals surface area contributed by atoms with Crippen LogP contribution in [0.1, 0.15) is 48.4 Å². The molecule has 1 atom stereocenters. The van der Waals surface area contributed by atoms with Crippen molar-refractivity contribution in [1.82, 2.24) is 10.3 Å². The molecular weight excluding hydrogens is 443 g/mol. The number of hydrogen-bond acceptors (Lipinski definition) is 3. The third-order valence-corrected chi connectivity index (χ3v) is 4.96. The number of hydrogen-bond donors (Lipinski definition) is 1. The molecular formula is C23H21Cl3N2O2. The van der Waals surface area contributed by atoms with Crippen molar-refractivity contribution in [1.29, 1.82) is 0 Å². The van der Waals surface area contributed by atoms with Crippen LogP contribution in [0.2, 0.25) is 15.1 Å². The summed E-state index contributed by atoms with van der Waals surface area (Å²) in [7, 11) is 0. The minimum atomic E-state index is -0.534. The van der Waals surface area contributed by atoms with Crippen molar-refractivity contribution in [2.75, 3.05) is 0 Å². The monoisotopic (exact) mass is 462 g/mol. The first-order valence-electron chi connectivity index (χ1n) is 9.28. The zero-order chi connectivity index (χ0) is 21.9. The van der Waals surface area contributed by atoms with Crippen molar-refractivity contribution in [2.45, 2.75) is 32.4 Å². The zero-order valence-electron chi connectivity index (χ0n) is 16.7. The Hall–Kier alpha value is -2.27. The maximum atomic E-state index is 12.3. The molecule has 7 heteroatoms. The number of ether oxygens (including phenoxy) is 1. The SMILES string of the molecule is CC(C)(C)NC(=O)c1ccc(OC(c2ccc(Cl)cc2)c2ccc(Cl)cc2Cl)nc1. The highest BCUT2D eigenvalue weighted by Gasteiger charge is 2.21. The van der Waals surface area contributed by atoms with Crippen LogP contribution in [0.4, 0.5) is 0 Å². The molecule has 0 bridgehead atoms. The fourth-order valence-corrected chi connectivity index (χ4v) is 3.41. The lowest BCUT2D eigenvalue weighted by Crippen LogP contribution is -2.40. The Balaban J connectivity index is 1.90. The molecule has 4 nitrogen and oxygen atoms in total. The van der Waals surface area contributed by atoms with E-state index < -0.39 is 6.10 Å². The lowest BCUT2D eigenvalue weighted by atomic mass is 10.0. The summed E-state index contributed by atoms with van der Waals surface area (Å²) in [6.07, 6.45) is 0.951. The lowest BCUT2D eigenvalue weighted by Gasteiger charge is -2.22. The van der Waals surface area contributed by atoms with Gasteiger partial charge in [0.15, 0.2) is 6.10 Å². The molecule has 1 aromatic heterocycles. The minimum absolute atomic E-state index is 0.198. The van der Waals surface area contributed by atoms with Crippen LogP contribution in [-0.4, -0.2) is 16.4 Å². The number of benzene rings is 2. The van der Waals surface area contributed by atoms with E-state index in [2.05, 4.69) is 10.3 Å². The van der Waals surface area contributed by atoms with E-state index in [-0.39, 0.29) is 11.4 Å². The van der Waals surface area contributed by atoms with Gasteiger partial charge in [0.1, 0.15) is 0 Å². The molecule has 3 aromatic rings. The summed E-state index contributed by atoms with van der Waals surface area (Å²) < 4.78 is 6.17. The molecule has 0 saturated heterocycles. The fraction of sp³-hybridized carbons (Fsp3) is 0.217. The van der Waals surface area contributed by atoms with E-state index in [0.717, 1.165) is 11.1 Å². The summed E-state index contributed by atoms with van der Waals surface area (Å²) >= 11 is 18.5. The van der Waals surface area contributed by atoms with E-state index in [1.807, 2.05) is 39.0 Å². The largest absolute Gasteiger partial charge is 0.464 e. The number of amides is 1. The highest BCUT2D eigenvalue weighted by molar-refractivity contribution is 6.35. The second-order valence-corrected chi connectivity index (χ2v) is 9.08. The van der Waals surface area contributed by atoms with E-state index in [1.165, 1.54) is 6.20 Å². The zero-order valence-corrected chi connectivity index (χ0v) is 19.0. The molecule has 0 spiro atoms. The highest BCUT2D eigenvalue weighted by atomic mass is 35.5. The summed E-state index contributed by atoms with van der Waals surface area (Å²) in [5, 5.41) is 4.53. The van der Waals surface area contributed by atoms with Gasteiger partial charge >= 0.3 is 0 Å². The topological polar surface area (TPSA) is 51.2 Å². The number of halogens is 3. The summed E-state index contributed by atoms with van der Waals surface area (Å²) in [5.74, 6) is 0.157. The molecule has 0 aliphatic rings. The maximum absolute atomic E-state index is 12.3. The molecule has 1 heterocycles. The van der Waals surface area contributed by atoms with Gasteiger partial charge < -0.3 is 10.1 Å². The molecule has 0 aliphatic heterocycles. The number of nitrogens with zero attached hydrogens (tertiary/aromatic N) is 1. The number of pyridine rings is 1. The quantitative estimate of drug-likeness (QED) is 0.456. The Labute approximate surface area is 191 Å². The van der Waals surface area contributed by atoms with Crippen molar-refractivity contribution in [2.24, 2.45) is 0 Å². The average molecular weight is 464 g/mol. The predicted molar refractivity (Wildman–Crippen MR) is 122 cm³/mol. The van der Waals surface area contributed by atoms with Crippen LogP contribution in [-0.2, 0) is 0 Å². The van der Waals surface area contributed by atoms with Crippen LogP contribution in [0, 0.1) is 0 Å². The van der Waals surface area contributed by atoms with Crippen molar-refractivity contribution in [3.8, 4) is 5.88 Å². The number of rotatable bonds is 5. The van der Waals surface area contributed by atoms with Gasteiger partial charge in [0, 0.05) is 38.4 Å². The van der Waals surface area contributed by atoms with Gasteiger partial charge in [-0.3, -0.25) is 4.79 Å². The molecule has 30 heavy (non-hydrogen) atoms. The van der Waals surface area contributed by atoms with Crippen LogP contribution in [0.15, 0.2) is 60.8 Å². The maximum Gasteiger partial charge on any atom is 0.253 e. The summed E-state index contributed by atoms with van der Waals surface area (Å²) in [6.45, 7) is 5.76. The van der Waals surface area contributed by atoms with Crippen LogP contribution < -0.4 is 10.1 Å². The molecule has 0 saturated carbocycles. The summed E-state index contributed by atoms with van der Waals surface area (Å²) in [4.78, 5) is 16.6. The van der Waals surface area contributed by atoms with E-state index in [4.69, 9.17) is 39.5 Å². The van der Waals surface area contributed by atoms with Crippen LogP contribution in [0.5, 0.6) is 5.88 Å². The van der Waals surface area contributed by atoms with Crippen molar-refractivity contribution >= 4 is 40.7 Å². The van der Waals surface area contributed by atoms with Gasteiger partial charge in [-0.05, 0) is 56.7 Å². The van der Waals surface area contributed by atoms with Gasteiger partial charge in [-0.1, -0.05) is 53.0 Å². The average Bonchev–Trinajstić information content (AvgIpc) is 2.66. The second kappa shape index (κ2) is 9.25. The predicted octanol–water partition coefficient (Wildman–Crippen LogP) is 6.74. The van der Waals surface area contributed by atoms with Crippen LogP contribution in [0.25, 0.3) is 0 Å². The second-order valence-electron chi connectivity index (χ2n) is 7.80. The third-order valence-electron chi connectivity index (χ3n) is 4.14. The summed E-state index contributed by atoms with van der Waals surface area (Å²) in [5.41, 5.74) is 1.70. The molecule has 2 aromatic carbocycles. The molecule has 0 radical (unpaired) electrons. The first-order valence-corrected chi connectivity index (χ1v) is 10.4. The van der Waals surface area contributed by atoms with Gasteiger partial charge in [0.2, 0.25) is 5.88 Å². The van der Waals surface area contributed by atoms with Gasteiger partial charge in [-0.2, -0.15) is 0 Å². The van der Waals surface area contributed by atoms with E-state index in [1.54, 1.807) is 36.4 Å². The normalized spacial score (nSPS) is 12.3. The van der Waals surface area contributed by atoms with Crippen molar-refractivity contribution in [3.05, 3.63) is 92.6 Å². The van der Waals surface area contributed by atoms with Crippen LogP contribution >= 0.6 is 34.8 Å². The Morgan fingerprint density at radius 1 is 0.967 bits per heavy atom. The van der Waals surface area contributed by atoms with Crippen molar-refractivity contribution < 1.29 is 9.53 Å². The van der Waals surface area contributed by atoms with Crippen LogP contribution in [0.3, 0.4) is 0 Å². The van der Waals surface area contributed by atoms with Gasteiger partial charge in [-0.25, -0.2) is 4.98 Å². The Kier molecular flexibility index (Phi) is 6.91. The van der Waals surface area contributed by atoms with E-state index in [9.17, 15) is 4.79 Å². The number of carbonyl (C=O) groups excluding carboxylic acids is 1. The smallest absolute Gasteiger partial charge is 0.253 e. The third kappa shape index (κ3) is 5.88. The van der Waals surface area contributed by atoms with E-state index in [0.29, 0.717) is 26.5 Å². The number of carbonyl (C=O) groups is 1. The molecule has 3 rings (SSSR count). The van der Waals surface area contributed by atoms with Gasteiger partial charge in [0.25, 0.3) is 5.91 Å². The molecule has 0 fully saturated rings. The standard InChI is InChI=1S/C23H21Cl3N2O2/c1-23(2,3)28-22(29)15-6-11-20(27-13-15)30-21(14-4-7-16(24)8-5-14)18-10-9-17(25)12-19(18)26/h4-13,21H,1-3H3,(H,28,29). The Morgan fingerprint density at radius 2 is 1.63 bits per heavy atom. The number of aromatic nitrogens is 1. The summed E-state index contributed by atoms with van der Waals surface area (Å²) in [6, 6.07) is 15.9. The first-order chi connectivity index (χ1) is 14.1. The molecule has 1 unspecified atom stereocenters. The number of nitrogens with one attached hydrogen (secondary N) is 1. The molecule has 1 N–H and O–H groups in total. The first kappa shape index (κ1) is 22.4. The fourth-order valence-electron chi connectivity index (χ4n) is 2.78. The highest BCUT2D eigenvalue weighted by Crippen LogP contribution is 2.34. The van der Waals surface area contributed by atoms with Gasteiger partial charge in [0.05, 0.1) is 5.56 Å². The molecule has 1 amide bonds. The lowest BCUT2D eigenvalue weighted by molar-refractivity contribution is 0.0919. The van der Waals surface area contributed by atoms with Gasteiger partial charge in [-0.15, -0.1) is 0 Å². The van der Waals surface area contributed by atoms with E-state index >= 15 is 0 Å². The van der Waals surface area contributed by atoms with Crippen molar-refractivity contribution in [3.63, 3.8) is 0 Å².